The van der Waals surface area contributed by atoms with Crippen molar-refractivity contribution in [2.24, 2.45) is 0 Å². The van der Waals surface area contributed by atoms with Gasteiger partial charge in [-0.1, -0.05) is 111 Å². The van der Waals surface area contributed by atoms with Gasteiger partial charge in [0.25, 0.3) is 0 Å². The number of benzene rings is 4. The first-order valence-electron chi connectivity index (χ1n) is 18.2. The van der Waals surface area contributed by atoms with Crippen LogP contribution >= 0.6 is 0 Å². The topological polar surface area (TPSA) is 0 Å². The number of unbranched alkanes of at least 4 members (excludes halogenated alkanes) is 1. The molecule has 2 aliphatic carbocycles. The monoisotopic (exact) mass is 804 g/mol. The van der Waals surface area contributed by atoms with Crippen molar-refractivity contribution in [1.29, 1.82) is 0 Å². The van der Waals surface area contributed by atoms with Crippen molar-refractivity contribution in [3.63, 3.8) is 0 Å². The fraction of sp³-hybridized carbons (Fsp3) is 0.229. The first kappa shape index (κ1) is 45.5. The summed E-state index contributed by atoms with van der Waals surface area (Å²) in [7, 11) is 0. The second-order valence-corrected chi connectivity index (χ2v) is 14.2. The average molecular weight is 806 g/mol. The van der Waals surface area contributed by atoms with Gasteiger partial charge in [0.1, 0.15) is 29.4 Å². The number of hydrogen-bond acceptors (Lipinski definition) is 0. The van der Waals surface area contributed by atoms with Crippen LogP contribution in [-0.4, -0.2) is 6.15 Å². The van der Waals surface area contributed by atoms with Gasteiger partial charge in [0, 0.05) is 45.6 Å². The molecular formula is C48H51BF4Zr. The summed E-state index contributed by atoms with van der Waals surface area (Å²) < 4.78 is 54.8. The van der Waals surface area contributed by atoms with Crippen molar-refractivity contribution in [1.82, 2.24) is 0 Å². The molecule has 2 aliphatic rings. The maximum absolute atomic E-state index is 13.7. The Morgan fingerprint density at radius 1 is 0.426 bits per heavy atom. The molecule has 0 heterocycles. The van der Waals surface area contributed by atoms with Crippen molar-refractivity contribution in [2.75, 3.05) is 0 Å². The van der Waals surface area contributed by atoms with E-state index in [1.165, 1.54) is 108 Å². The smallest absolute Gasteiger partial charge is 0.122 e. The second-order valence-electron chi connectivity index (χ2n) is 14.2. The molecule has 0 aliphatic heterocycles. The average Bonchev–Trinajstić information content (AvgIpc) is 3.44. The van der Waals surface area contributed by atoms with Crippen LogP contribution in [-0.2, 0) is 26.2 Å². The second kappa shape index (κ2) is 20.4. The van der Waals surface area contributed by atoms with Crippen LogP contribution in [0.3, 0.4) is 0 Å². The maximum atomic E-state index is 13.7. The molecule has 4 aromatic carbocycles. The molecule has 0 amide bonds. The summed E-state index contributed by atoms with van der Waals surface area (Å²) in [5.41, 5.74) is 2.99. The van der Waals surface area contributed by atoms with E-state index in [9.17, 15) is 17.6 Å². The van der Waals surface area contributed by atoms with E-state index in [-0.39, 0.29) is 26.2 Å². The molecule has 2 fully saturated rings. The van der Waals surface area contributed by atoms with Gasteiger partial charge in [-0.2, -0.15) is 21.9 Å². The predicted molar refractivity (Wildman–Crippen MR) is 217 cm³/mol. The summed E-state index contributed by atoms with van der Waals surface area (Å²) >= 11 is 0. The molecule has 278 valence electrons. The van der Waals surface area contributed by atoms with Crippen LogP contribution in [0.25, 0.3) is 0 Å². The van der Waals surface area contributed by atoms with Crippen molar-refractivity contribution >= 4 is 28.0 Å². The molecule has 6 rings (SSSR count). The third-order valence-corrected chi connectivity index (χ3v) is 11.6. The van der Waals surface area contributed by atoms with Gasteiger partial charge in [-0.25, -0.2) is 17.6 Å². The Labute approximate surface area is 343 Å². The van der Waals surface area contributed by atoms with Crippen molar-refractivity contribution in [2.45, 2.75) is 75.2 Å². The van der Waals surface area contributed by atoms with Gasteiger partial charge in [-0.3, -0.25) is 0 Å². The minimum Gasteiger partial charge on any atom is -0.207 e. The zero-order valence-electron chi connectivity index (χ0n) is 33.1. The van der Waals surface area contributed by atoms with E-state index in [1.807, 2.05) is 6.08 Å². The summed E-state index contributed by atoms with van der Waals surface area (Å²) in [6.45, 7) is 23.6. The van der Waals surface area contributed by atoms with Crippen LogP contribution in [0.2, 0.25) is 0 Å². The Bertz CT molecular complexity index is 1460. The van der Waals surface area contributed by atoms with Gasteiger partial charge in [0.15, 0.2) is 0 Å². The molecular weight excluding hydrogens is 755 g/mol. The Morgan fingerprint density at radius 3 is 0.870 bits per heavy atom. The molecule has 0 nitrogen and oxygen atoms in total. The van der Waals surface area contributed by atoms with Gasteiger partial charge in [0.2, 0.25) is 0 Å². The van der Waals surface area contributed by atoms with E-state index in [0.29, 0.717) is 0 Å². The van der Waals surface area contributed by atoms with Gasteiger partial charge in [-0.05, 0) is 114 Å². The fourth-order valence-electron chi connectivity index (χ4n) is 7.58. The Balaban J connectivity index is 0.000000260. The van der Waals surface area contributed by atoms with E-state index < -0.39 is 29.4 Å². The summed E-state index contributed by atoms with van der Waals surface area (Å²) in [5.74, 6) is 13.2. The van der Waals surface area contributed by atoms with Gasteiger partial charge < -0.3 is 0 Å². The molecule has 4 aromatic rings. The van der Waals surface area contributed by atoms with E-state index in [4.69, 9.17) is 0 Å². The quantitative estimate of drug-likeness (QED) is 0.0720. The summed E-state index contributed by atoms with van der Waals surface area (Å²) in [6, 6.07) is 24.1. The van der Waals surface area contributed by atoms with Gasteiger partial charge in [-0.15, -0.1) is 0 Å². The first-order chi connectivity index (χ1) is 25.1. The number of halogens is 4. The number of rotatable bonds is 8. The van der Waals surface area contributed by atoms with E-state index in [2.05, 4.69) is 75.3 Å². The van der Waals surface area contributed by atoms with E-state index >= 15 is 0 Å². The first-order valence-corrected chi connectivity index (χ1v) is 18.2. The van der Waals surface area contributed by atoms with Gasteiger partial charge >= 0.3 is 0 Å². The van der Waals surface area contributed by atoms with Crippen LogP contribution in [0.1, 0.15) is 75.2 Å². The molecule has 54 heavy (non-hydrogen) atoms. The molecule has 0 aromatic heterocycles. The predicted octanol–water partition coefficient (Wildman–Crippen LogP) is 10.7. The maximum Gasteiger partial charge on any atom is 0.122 e. The van der Waals surface area contributed by atoms with Gasteiger partial charge in [0.05, 0.1) is 6.08 Å². The molecule has 0 saturated heterocycles. The summed E-state index contributed by atoms with van der Waals surface area (Å²) in [6.07, 6.45) is 4.33. The minimum atomic E-state index is -1.94. The van der Waals surface area contributed by atoms with Crippen LogP contribution < -0.4 is 21.9 Å². The molecule has 0 atom stereocenters. The third-order valence-electron chi connectivity index (χ3n) is 11.6. The number of allylic oxidation sites excluding steroid dienone is 1. The molecule has 0 unspecified atom stereocenters. The Hall–Kier alpha value is -2.84. The molecule has 10 radical (unpaired) electrons. The zero-order chi connectivity index (χ0) is 39.0. The molecule has 0 spiro atoms. The molecule has 2 saturated carbocycles. The van der Waals surface area contributed by atoms with Crippen LogP contribution in [0.15, 0.2) is 110 Å². The van der Waals surface area contributed by atoms with E-state index in [0.717, 1.165) is 34.7 Å². The Morgan fingerprint density at radius 2 is 0.648 bits per heavy atom. The van der Waals surface area contributed by atoms with Crippen LogP contribution in [0, 0.1) is 88.9 Å². The van der Waals surface area contributed by atoms with Crippen molar-refractivity contribution in [3.8, 4) is 0 Å². The Kier molecular flexibility index (Phi) is 17.2. The largest absolute Gasteiger partial charge is 0.207 e. The number of hydrogen-bond donors (Lipinski definition) is 0. The van der Waals surface area contributed by atoms with Crippen molar-refractivity contribution < 1.29 is 43.8 Å². The normalized spacial score (nSPS) is 17.4. The minimum absolute atomic E-state index is 0. The summed E-state index contributed by atoms with van der Waals surface area (Å²) in [5, 5.41) is 0. The fourth-order valence-corrected chi connectivity index (χ4v) is 7.58. The summed E-state index contributed by atoms with van der Waals surface area (Å²) in [4.78, 5) is 0. The van der Waals surface area contributed by atoms with Crippen LogP contribution in [0.5, 0.6) is 0 Å². The molecule has 0 bridgehead atoms. The molecule has 0 N–H and O–H groups in total. The SMILES string of the molecule is C=C[CH+]CC[C]1[C](C)[C](C)[C](C)[C]1C.C[C]1[C](C)[C](C)[C](C)[C]1C.Fc1ccc([B-](c2ccc(F)cc2)(c2ccc(F)cc2)c2ccc(F)cc2)cc1.[Zr]. The van der Waals surface area contributed by atoms with Crippen LogP contribution in [0.4, 0.5) is 17.6 Å². The third kappa shape index (κ3) is 10.1. The molecule has 6 heteroatoms. The standard InChI is InChI=1S/C24H16BF4.C14H20.C10H15.Zr/c26-21-9-1-17(2-10-21)25(18-3-11-22(27)12-4-18,19-5-13-23(28)14-6-19)20-7-15-24(29)16-8-20;1-6-7-8-9-14-12(4)10(2)11(3)13(14)5;1-6-7(2)9(4)10(5)8(6)3;/h1-16H;6-7H,1,8-9H2,2-5H3;1-5H3;/q-1;+1;;. The van der Waals surface area contributed by atoms with E-state index in [1.54, 1.807) is 48.5 Å². The zero-order valence-corrected chi connectivity index (χ0v) is 35.6. The van der Waals surface area contributed by atoms with Crippen molar-refractivity contribution in [3.05, 3.63) is 199 Å².